The van der Waals surface area contributed by atoms with Crippen LogP contribution in [-0.4, -0.2) is 24.3 Å². The average Bonchev–Trinajstić information content (AvgIpc) is 3.49. The molecule has 5 rings (SSSR count). The Morgan fingerprint density at radius 2 is 1.83 bits per heavy atom. The van der Waals surface area contributed by atoms with Gasteiger partial charge in [-0.3, -0.25) is 4.98 Å². The van der Waals surface area contributed by atoms with Crippen molar-refractivity contribution in [3.05, 3.63) is 96.0 Å². The molecule has 0 amide bonds. The van der Waals surface area contributed by atoms with E-state index in [0.717, 1.165) is 27.1 Å². The molecule has 2 atom stereocenters. The fourth-order valence-electron chi connectivity index (χ4n) is 4.16. The number of nitrogens with zero attached hydrogens (tertiary/aromatic N) is 2. The van der Waals surface area contributed by atoms with Crippen molar-refractivity contribution in [2.75, 3.05) is 19.1 Å². The summed E-state index contributed by atoms with van der Waals surface area (Å²) in [6, 6.07) is 23.4. The van der Waals surface area contributed by atoms with Gasteiger partial charge in [0.1, 0.15) is 23.3 Å². The number of furan rings is 1. The first-order chi connectivity index (χ1) is 17.1. The van der Waals surface area contributed by atoms with Gasteiger partial charge in [-0.25, -0.2) is 0 Å². The van der Waals surface area contributed by atoms with Gasteiger partial charge in [0.2, 0.25) is 0 Å². The Balaban J connectivity index is 1.57. The van der Waals surface area contributed by atoms with Crippen LogP contribution in [-0.2, 0) is 0 Å². The van der Waals surface area contributed by atoms with Crippen molar-refractivity contribution in [3.63, 3.8) is 0 Å². The van der Waals surface area contributed by atoms with Gasteiger partial charge in [0, 0.05) is 17.2 Å². The molecule has 8 heteroatoms. The second kappa shape index (κ2) is 10.0. The van der Waals surface area contributed by atoms with E-state index in [-0.39, 0.29) is 12.1 Å². The van der Waals surface area contributed by atoms with Crippen LogP contribution < -0.4 is 19.7 Å². The standard InChI is InChI=1S/C27H25N3O3S2/c1-17-7-10-19(11-8-17)35-24-14-13-23(33-24)26-25(20-6-4-5-15-28-20)29-27(34)30(26)21-16-18(31-2)9-12-22(21)32-3/h4-16,25-26H,1-3H3,(H,29,34)/t25-,26+/m1/s1. The molecule has 0 unspecified atom stereocenters. The minimum absolute atomic E-state index is 0.219. The highest BCUT2D eigenvalue weighted by Crippen LogP contribution is 2.46. The van der Waals surface area contributed by atoms with Crippen LogP contribution in [0.1, 0.15) is 29.1 Å². The Labute approximate surface area is 214 Å². The number of rotatable bonds is 7. The molecule has 2 aromatic carbocycles. The first-order valence-corrected chi connectivity index (χ1v) is 12.4. The van der Waals surface area contributed by atoms with Gasteiger partial charge < -0.3 is 24.1 Å². The number of hydrogen-bond acceptors (Lipinski definition) is 6. The summed E-state index contributed by atoms with van der Waals surface area (Å²) in [6.07, 6.45) is 1.78. The van der Waals surface area contributed by atoms with Gasteiger partial charge in [0.15, 0.2) is 10.2 Å². The van der Waals surface area contributed by atoms with Crippen LogP contribution in [0.3, 0.4) is 0 Å². The van der Waals surface area contributed by atoms with Gasteiger partial charge in [0.25, 0.3) is 0 Å². The van der Waals surface area contributed by atoms with Crippen LogP contribution in [0.25, 0.3) is 0 Å². The highest BCUT2D eigenvalue weighted by Gasteiger charge is 2.43. The number of nitrogens with one attached hydrogen (secondary N) is 1. The molecule has 0 radical (unpaired) electrons. The van der Waals surface area contributed by atoms with Crippen molar-refractivity contribution >= 4 is 34.8 Å². The lowest BCUT2D eigenvalue weighted by Crippen LogP contribution is -2.29. The molecule has 0 bridgehead atoms. The highest BCUT2D eigenvalue weighted by molar-refractivity contribution is 7.99. The van der Waals surface area contributed by atoms with Gasteiger partial charge in [-0.15, -0.1) is 0 Å². The van der Waals surface area contributed by atoms with Crippen molar-refractivity contribution in [1.82, 2.24) is 10.3 Å². The van der Waals surface area contributed by atoms with Crippen molar-refractivity contribution < 1.29 is 13.9 Å². The summed E-state index contributed by atoms with van der Waals surface area (Å²) in [6.45, 7) is 2.08. The first-order valence-electron chi connectivity index (χ1n) is 11.1. The first kappa shape index (κ1) is 23.3. The molecule has 0 saturated carbocycles. The third-order valence-electron chi connectivity index (χ3n) is 5.88. The number of anilines is 1. The van der Waals surface area contributed by atoms with E-state index in [1.54, 1.807) is 32.2 Å². The van der Waals surface area contributed by atoms with Gasteiger partial charge in [-0.1, -0.05) is 35.5 Å². The molecule has 4 aromatic rings. The van der Waals surface area contributed by atoms with E-state index in [0.29, 0.717) is 16.6 Å². The Morgan fingerprint density at radius 3 is 2.54 bits per heavy atom. The molecule has 1 fully saturated rings. The van der Waals surface area contributed by atoms with Crippen LogP contribution >= 0.6 is 24.0 Å². The smallest absolute Gasteiger partial charge is 0.174 e. The molecule has 0 spiro atoms. The van der Waals surface area contributed by atoms with E-state index in [9.17, 15) is 0 Å². The molecule has 178 valence electrons. The summed E-state index contributed by atoms with van der Waals surface area (Å²) in [7, 11) is 3.29. The second-order valence-electron chi connectivity index (χ2n) is 8.11. The van der Waals surface area contributed by atoms with E-state index in [1.807, 2.05) is 53.4 Å². The highest BCUT2D eigenvalue weighted by atomic mass is 32.2. The number of aromatic nitrogens is 1. The van der Waals surface area contributed by atoms with Crippen molar-refractivity contribution in [3.8, 4) is 11.5 Å². The summed E-state index contributed by atoms with van der Waals surface area (Å²) in [4.78, 5) is 7.74. The predicted molar refractivity (Wildman–Crippen MR) is 141 cm³/mol. The van der Waals surface area contributed by atoms with Crippen molar-refractivity contribution in [1.29, 1.82) is 0 Å². The van der Waals surface area contributed by atoms with E-state index in [1.165, 1.54) is 5.56 Å². The zero-order valence-corrected chi connectivity index (χ0v) is 21.2. The minimum Gasteiger partial charge on any atom is -0.497 e. The topological polar surface area (TPSA) is 59.8 Å². The zero-order valence-electron chi connectivity index (χ0n) is 19.6. The summed E-state index contributed by atoms with van der Waals surface area (Å²) < 4.78 is 17.6. The van der Waals surface area contributed by atoms with Crippen molar-refractivity contribution in [2.24, 2.45) is 0 Å². The van der Waals surface area contributed by atoms with Crippen LogP contribution in [0.4, 0.5) is 5.69 Å². The van der Waals surface area contributed by atoms with Crippen LogP contribution in [0, 0.1) is 6.92 Å². The molecule has 2 aromatic heterocycles. The molecule has 1 saturated heterocycles. The van der Waals surface area contributed by atoms with Crippen LogP contribution in [0.5, 0.6) is 11.5 Å². The number of ether oxygens (including phenoxy) is 2. The van der Waals surface area contributed by atoms with E-state index in [2.05, 4.69) is 41.5 Å². The maximum Gasteiger partial charge on any atom is 0.174 e. The molecule has 1 N–H and O–H groups in total. The molecule has 3 heterocycles. The fourth-order valence-corrected chi connectivity index (χ4v) is 5.28. The monoisotopic (exact) mass is 503 g/mol. The maximum absolute atomic E-state index is 6.41. The lowest BCUT2D eigenvalue weighted by atomic mass is 10.0. The molecule has 6 nitrogen and oxygen atoms in total. The summed E-state index contributed by atoms with van der Waals surface area (Å²) in [5.74, 6) is 2.16. The minimum atomic E-state index is -0.286. The van der Waals surface area contributed by atoms with E-state index in [4.69, 9.17) is 26.1 Å². The Kier molecular flexibility index (Phi) is 6.66. The largest absolute Gasteiger partial charge is 0.497 e. The molecular weight excluding hydrogens is 478 g/mol. The fraction of sp³-hybridized carbons (Fsp3) is 0.185. The number of pyridine rings is 1. The van der Waals surface area contributed by atoms with Gasteiger partial charge in [-0.2, -0.15) is 0 Å². The molecular formula is C27H25N3O3S2. The SMILES string of the molecule is COc1ccc(OC)c(N2C(=S)N[C@H](c3ccccn3)[C@@H]2c2ccc(Sc3ccc(C)cc3)o2)c1. The Morgan fingerprint density at radius 1 is 1.00 bits per heavy atom. The normalized spacial score (nSPS) is 17.3. The van der Waals surface area contributed by atoms with E-state index >= 15 is 0 Å². The maximum atomic E-state index is 6.41. The van der Waals surface area contributed by atoms with Gasteiger partial charge in [0.05, 0.1) is 31.6 Å². The Hall–Kier alpha value is -3.49. The van der Waals surface area contributed by atoms with Crippen molar-refractivity contribution in [2.45, 2.75) is 29.0 Å². The summed E-state index contributed by atoms with van der Waals surface area (Å²) in [5.41, 5.74) is 2.88. The van der Waals surface area contributed by atoms with Crippen LogP contribution in [0.15, 0.2) is 93.4 Å². The molecule has 35 heavy (non-hydrogen) atoms. The summed E-state index contributed by atoms with van der Waals surface area (Å²) in [5, 5.41) is 4.81. The quantitative estimate of drug-likeness (QED) is 0.294. The molecule has 1 aliphatic heterocycles. The third-order valence-corrected chi connectivity index (χ3v) is 7.12. The number of methoxy groups -OCH3 is 2. The van der Waals surface area contributed by atoms with Gasteiger partial charge >= 0.3 is 0 Å². The number of aryl methyl sites for hydroxylation is 1. The van der Waals surface area contributed by atoms with Gasteiger partial charge in [-0.05, 0) is 67.7 Å². The molecule has 1 aliphatic rings. The predicted octanol–water partition coefficient (Wildman–Crippen LogP) is 6.33. The number of hydrogen-bond donors (Lipinski definition) is 1. The average molecular weight is 504 g/mol. The molecule has 0 aliphatic carbocycles. The van der Waals surface area contributed by atoms with E-state index < -0.39 is 0 Å². The number of benzene rings is 2. The second-order valence-corrected chi connectivity index (χ2v) is 9.57. The lowest BCUT2D eigenvalue weighted by molar-refractivity contribution is 0.379. The zero-order chi connectivity index (χ0) is 24.4. The Bertz CT molecular complexity index is 1330. The van der Waals surface area contributed by atoms with Crippen LogP contribution in [0.2, 0.25) is 0 Å². The summed E-state index contributed by atoms with van der Waals surface area (Å²) >= 11 is 7.42. The number of thiocarbonyl (C=S) groups is 1. The lowest BCUT2D eigenvalue weighted by Gasteiger charge is -2.27. The third kappa shape index (κ3) is 4.72.